The Morgan fingerprint density at radius 1 is 1.33 bits per heavy atom. The SMILES string of the molecule is CC(C)COCC(=O)c1ccc(Cl)cc1. The second-order valence-electron chi connectivity index (χ2n) is 3.84. The molecular formula is C12H15ClO2. The Labute approximate surface area is 95.2 Å². The lowest BCUT2D eigenvalue weighted by Gasteiger charge is -2.05. The number of carbonyl (C=O) groups is 1. The van der Waals surface area contributed by atoms with E-state index >= 15 is 0 Å². The highest BCUT2D eigenvalue weighted by molar-refractivity contribution is 6.30. The fourth-order valence-corrected chi connectivity index (χ4v) is 1.23. The van der Waals surface area contributed by atoms with Crippen molar-refractivity contribution in [3.63, 3.8) is 0 Å². The van der Waals surface area contributed by atoms with E-state index in [-0.39, 0.29) is 12.4 Å². The lowest BCUT2D eigenvalue weighted by atomic mass is 10.1. The predicted octanol–water partition coefficient (Wildman–Crippen LogP) is 3.20. The van der Waals surface area contributed by atoms with Crippen LogP contribution < -0.4 is 0 Å². The van der Waals surface area contributed by atoms with Gasteiger partial charge in [-0.05, 0) is 30.2 Å². The highest BCUT2D eigenvalue weighted by atomic mass is 35.5. The third-order valence-corrected chi connectivity index (χ3v) is 2.10. The Balaban J connectivity index is 2.43. The van der Waals surface area contributed by atoms with Crippen LogP contribution in [0.25, 0.3) is 0 Å². The first-order valence-corrected chi connectivity index (χ1v) is 5.34. The van der Waals surface area contributed by atoms with Crippen molar-refractivity contribution in [2.45, 2.75) is 13.8 Å². The normalized spacial score (nSPS) is 10.7. The van der Waals surface area contributed by atoms with Crippen LogP contribution in [-0.2, 0) is 4.74 Å². The Bertz CT molecular complexity index is 317. The first-order valence-electron chi connectivity index (χ1n) is 4.96. The molecule has 0 fully saturated rings. The molecular weight excluding hydrogens is 212 g/mol. The largest absolute Gasteiger partial charge is 0.373 e. The number of ether oxygens (including phenoxy) is 1. The Hall–Kier alpha value is -0.860. The lowest BCUT2D eigenvalue weighted by Crippen LogP contribution is -2.12. The molecule has 0 aliphatic rings. The minimum Gasteiger partial charge on any atom is -0.373 e. The third kappa shape index (κ3) is 4.45. The molecule has 0 unspecified atom stereocenters. The Kier molecular flexibility index (Phi) is 4.79. The summed E-state index contributed by atoms with van der Waals surface area (Å²) in [5, 5.41) is 0.634. The van der Waals surface area contributed by atoms with E-state index in [4.69, 9.17) is 16.3 Å². The van der Waals surface area contributed by atoms with E-state index in [1.165, 1.54) is 0 Å². The molecule has 0 heterocycles. The number of carbonyl (C=O) groups excluding carboxylic acids is 1. The van der Waals surface area contributed by atoms with E-state index in [2.05, 4.69) is 0 Å². The molecule has 1 rings (SSSR count). The standard InChI is InChI=1S/C12H15ClO2/c1-9(2)7-15-8-12(14)10-3-5-11(13)6-4-10/h3-6,9H,7-8H2,1-2H3. The van der Waals surface area contributed by atoms with Gasteiger partial charge in [-0.15, -0.1) is 0 Å². The average Bonchev–Trinajstić information content (AvgIpc) is 2.18. The number of ketones is 1. The molecule has 3 heteroatoms. The van der Waals surface area contributed by atoms with Gasteiger partial charge in [-0.25, -0.2) is 0 Å². The van der Waals surface area contributed by atoms with Crippen molar-refractivity contribution in [2.75, 3.05) is 13.2 Å². The predicted molar refractivity (Wildman–Crippen MR) is 61.4 cm³/mol. The second kappa shape index (κ2) is 5.89. The molecule has 0 saturated carbocycles. The van der Waals surface area contributed by atoms with E-state index in [9.17, 15) is 4.79 Å². The molecule has 82 valence electrons. The summed E-state index contributed by atoms with van der Waals surface area (Å²) in [4.78, 5) is 11.6. The van der Waals surface area contributed by atoms with Gasteiger partial charge in [-0.3, -0.25) is 4.79 Å². The van der Waals surface area contributed by atoms with Gasteiger partial charge >= 0.3 is 0 Å². The maximum absolute atomic E-state index is 11.6. The summed E-state index contributed by atoms with van der Waals surface area (Å²) in [7, 11) is 0. The molecule has 15 heavy (non-hydrogen) atoms. The van der Waals surface area contributed by atoms with Crippen molar-refractivity contribution in [2.24, 2.45) is 5.92 Å². The summed E-state index contributed by atoms with van der Waals surface area (Å²) < 4.78 is 5.26. The van der Waals surface area contributed by atoms with Crippen molar-refractivity contribution < 1.29 is 9.53 Å². The van der Waals surface area contributed by atoms with Crippen molar-refractivity contribution in [3.8, 4) is 0 Å². The molecule has 1 aromatic carbocycles. The van der Waals surface area contributed by atoms with E-state index < -0.39 is 0 Å². The van der Waals surface area contributed by atoms with Crippen LogP contribution in [0.4, 0.5) is 0 Å². The van der Waals surface area contributed by atoms with Crippen molar-refractivity contribution in [3.05, 3.63) is 34.9 Å². The minimum absolute atomic E-state index is 0.00711. The Morgan fingerprint density at radius 3 is 2.47 bits per heavy atom. The van der Waals surface area contributed by atoms with Gasteiger partial charge in [-0.1, -0.05) is 25.4 Å². The number of halogens is 1. The molecule has 1 aromatic rings. The topological polar surface area (TPSA) is 26.3 Å². The van der Waals surface area contributed by atoms with Gasteiger partial charge < -0.3 is 4.74 Å². The summed E-state index contributed by atoms with van der Waals surface area (Å²) in [5.41, 5.74) is 0.642. The summed E-state index contributed by atoms with van der Waals surface area (Å²) >= 11 is 5.72. The molecule has 0 atom stereocenters. The first kappa shape index (κ1) is 12.2. The van der Waals surface area contributed by atoms with E-state index in [1.807, 2.05) is 13.8 Å². The summed E-state index contributed by atoms with van der Waals surface area (Å²) in [6.07, 6.45) is 0. The zero-order chi connectivity index (χ0) is 11.3. The summed E-state index contributed by atoms with van der Waals surface area (Å²) in [5.74, 6) is 0.440. The van der Waals surface area contributed by atoms with E-state index in [0.29, 0.717) is 23.1 Å². The molecule has 0 aliphatic carbocycles. The van der Waals surface area contributed by atoms with Crippen molar-refractivity contribution in [1.29, 1.82) is 0 Å². The smallest absolute Gasteiger partial charge is 0.188 e. The van der Waals surface area contributed by atoms with Gasteiger partial charge in [-0.2, -0.15) is 0 Å². The van der Waals surface area contributed by atoms with Gasteiger partial charge in [0.15, 0.2) is 5.78 Å². The monoisotopic (exact) mass is 226 g/mol. The third-order valence-electron chi connectivity index (χ3n) is 1.85. The van der Waals surface area contributed by atoms with Gasteiger partial charge in [0.05, 0.1) is 0 Å². The number of hydrogen-bond donors (Lipinski definition) is 0. The Morgan fingerprint density at radius 2 is 1.93 bits per heavy atom. The van der Waals surface area contributed by atoms with Crippen LogP contribution in [-0.4, -0.2) is 19.0 Å². The molecule has 0 amide bonds. The molecule has 0 radical (unpaired) electrons. The number of hydrogen-bond acceptors (Lipinski definition) is 2. The molecule has 0 spiro atoms. The van der Waals surface area contributed by atoms with E-state index in [1.54, 1.807) is 24.3 Å². The maximum atomic E-state index is 11.6. The lowest BCUT2D eigenvalue weighted by molar-refractivity contribution is 0.0705. The maximum Gasteiger partial charge on any atom is 0.188 e. The molecule has 0 aromatic heterocycles. The van der Waals surface area contributed by atoms with Crippen LogP contribution in [0, 0.1) is 5.92 Å². The molecule has 0 aliphatic heterocycles. The number of Topliss-reactive ketones (excluding diaryl/α,β-unsaturated/α-hetero) is 1. The van der Waals surface area contributed by atoms with Crippen molar-refractivity contribution in [1.82, 2.24) is 0 Å². The minimum atomic E-state index is -0.00711. The van der Waals surface area contributed by atoms with E-state index in [0.717, 1.165) is 0 Å². The van der Waals surface area contributed by atoms with Crippen LogP contribution in [0.2, 0.25) is 5.02 Å². The van der Waals surface area contributed by atoms with Gasteiger partial charge in [0, 0.05) is 17.2 Å². The number of benzene rings is 1. The van der Waals surface area contributed by atoms with Gasteiger partial charge in [0.1, 0.15) is 6.61 Å². The van der Waals surface area contributed by atoms with Crippen LogP contribution in [0.5, 0.6) is 0 Å². The molecule has 0 saturated heterocycles. The van der Waals surface area contributed by atoms with Crippen LogP contribution in [0.15, 0.2) is 24.3 Å². The second-order valence-corrected chi connectivity index (χ2v) is 4.28. The summed E-state index contributed by atoms with van der Waals surface area (Å²) in [6.45, 7) is 4.85. The van der Waals surface area contributed by atoms with Crippen LogP contribution in [0.3, 0.4) is 0 Å². The fourth-order valence-electron chi connectivity index (χ4n) is 1.11. The zero-order valence-electron chi connectivity index (χ0n) is 9.00. The van der Waals surface area contributed by atoms with Gasteiger partial charge in [0.25, 0.3) is 0 Å². The van der Waals surface area contributed by atoms with Gasteiger partial charge in [0.2, 0.25) is 0 Å². The van der Waals surface area contributed by atoms with Crippen LogP contribution >= 0.6 is 11.6 Å². The quantitative estimate of drug-likeness (QED) is 0.721. The molecule has 2 nitrogen and oxygen atoms in total. The average molecular weight is 227 g/mol. The number of rotatable bonds is 5. The molecule has 0 bridgehead atoms. The highest BCUT2D eigenvalue weighted by Gasteiger charge is 2.05. The van der Waals surface area contributed by atoms with Crippen LogP contribution in [0.1, 0.15) is 24.2 Å². The zero-order valence-corrected chi connectivity index (χ0v) is 9.75. The van der Waals surface area contributed by atoms with Crippen molar-refractivity contribution >= 4 is 17.4 Å². The molecule has 0 N–H and O–H groups in total. The first-order chi connectivity index (χ1) is 7.09. The highest BCUT2D eigenvalue weighted by Crippen LogP contribution is 2.10. The fraction of sp³-hybridized carbons (Fsp3) is 0.417. The summed E-state index contributed by atoms with van der Waals surface area (Å²) in [6, 6.07) is 6.83.